The summed E-state index contributed by atoms with van der Waals surface area (Å²) in [6.07, 6.45) is 6.95. The van der Waals surface area contributed by atoms with Crippen LogP contribution in [0.4, 0.5) is 0 Å². The van der Waals surface area contributed by atoms with E-state index < -0.39 is 0 Å². The second kappa shape index (κ2) is 6.99. The van der Waals surface area contributed by atoms with E-state index >= 15 is 0 Å². The molecule has 1 unspecified atom stereocenters. The number of piperidine rings is 1. The smallest absolute Gasteiger partial charge is 0.231 e. The molecule has 1 aliphatic carbocycles. The molecule has 1 saturated heterocycles. The Morgan fingerprint density at radius 1 is 1.08 bits per heavy atom. The maximum Gasteiger partial charge on any atom is 0.231 e. The van der Waals surface area contributed by atoms with Crippen molar-refractivity contribution in [3.63, 3.8) is 0 Å². The molecule has 3 nitrogen and oxygen atoms in total. The van der Waals surface area contributed by atoms with E-state index in [9.17, 15) is 4.79 Å². The Balaban J connectivity index is 1.66. The predicted octanol–water partition coefficient (Wildman–Crippen LogP) is 4.25. The van der Waals surface area contributed by atoms with Crippen molar-refractivity contribution in [2.75, 3.05) is 13.1 Å². The number of nitrogens with one attached hydrogen (secondary N) is 2. The molecule has 3 heteroatoms. The van der Waals surface area contributed by atoms with Crippen LogP contribution in [0.5, 0.6) is 0 Å². The Hall–Kier alpha value is -1.35. The number of benzene rings is 1. The topological polar surface area (TPSA) is 41.1 Å². The molecule has 1 atom stereocenters. The second-order valence-corrected chi connectivity index (χ2v) is 9.29. The van der Waals surface area contributed by atoms with Gasteiger partial charge in [-0.1, -0.05) is 37.6 Å². The molecule has 2 aliphatic heterocycles. The Morgan fingerprint density at radius 2 is 1.77 bits per heavy atom. The zero-order chi connectivity index (χ0) is 18.3. The van der Waals surface area contributed by atoms with E-state index in [1.807, 2.05) is 0 Å². The normalized spacial score (nSPS) is 30.9. The average molecular weight is 355 g/mol. The fourth-order valence-electron chi connectivity index (χ4n) is 5.72. The highest BCUT2D eigenvalue weighted by molar-refractivity contribution is 5.91. The van der Waals surface area contributed by atoms with Gasteiger partial charge in [-0.25, -0.2) is 0 Å². The number of rotatable bonds is 2. The van der Waals surface area contributed by atoms with Crippen LogP contribution in [0, 0.1) is 24.7 Å². The average Bonchev–Trinajstić information content (AvgIpc) is 2.65. The number of hydrogen-bond acceptors (Lipinski definition) is 2. The van der Waals surface area contributed by atoms with Gasteiger partial charge in [0.25, 0.3) is 0 Å². The number of fused-ring (bicyclic) bond motifs is 2. The lowest BCUT2D eigenvalue weighted by Crippen LogP contribution is -2.56. The number of carbonyl (C=O) groups excluding carboxylic acids is 1. The summed E-state index contributed by atoms with van der Waals surface area (Å²) in [6.45, 7) is 8.76. The van der Waals surface area contributed by atoms with Crippen LogP contribution in [-0.2, 0) is 10.2 Å². The Kier molecular flexibility index (Phi) is 4.85. The number of hydrogen-bond donors (Lipinski definition) is 2. The third kappa shape index (κ3) is 2.98. The molecule has 2 N–H and O–H groups in total. The first-order valence-electron chi connectivity index (χ1n) is 10.6. The Labute approximate surface area is 158 Å². The highest BCUT2D eigenvalue weighted by atomic mass is 16.2. The van der Waals surface area contributed by atoms with Gasteiger partial charge < -0.3 is 10.6 Å². The highest BCUT2D eigenvalue weighted by Gasteiger charge is 2.48. The van der Waals surface area contributed by atoms with Gasteiger partial charge in [-0.3, -0.25) is 4.79 Å². The quantitative estimate of drug-likeness (QED) is 0.834. The maximum atomic E-state index is 13.3. The highest BCUT2D eigenvalue weighted by Crippen LogP contribution is 2.47. The van der Waals surface area contributed by atoms with Crippen molar-refractivity contribution in [3.8, 4) is 0 Å². The van der Waals surface area contributed by atoms with Gasteiger partial charge >= 0.3 is 0 Å². The summed E-state index contributed by atoms with van der Waals surface area (Å²) < 4.78 is 0. The molecule has 0 aromatic heterocycles. The monoisotopic (exact) mass is 354 g/mol. The molecule has 1 saturated carbocycles. The molecule has 1 spiro atoms. The molecule has 3 aliphatic rings. The fraction of sp³-hybridized carbons (Fsp3) is 0.696. The second-order valence-electron chi connectivity index (χ2n) is 9.29. The molecule has 0 radical (unpaired) electrons. The Bertz CT molecular complexity index is 667. The number of aryl methyl sites for hydroxylation is 1. The molecule has 1 aromatic carbocycles. The van der Waals surface area contributed by atoms with Gasteiger partial charge in [0.05, 0.1) is 11.5 Å². The first kappa shape index (κ1) is 18.0. The molecule has 26 heavy (non-hydrogen) atoms. The summed E-state index contributed by atoms with van der Waals surface area (Å²) in [5.41, 5.74) is 3.74. The van der Waals surface area contributed by atoms with Gasteiger partial charge in [-0.2, -0.15) is 0 Å². The zero-order valence-corrected chi connectivity index (χ0v) is 16.6. The van der Waals surface area contributed by atoms with Crippen molar-refractivity contribution >= 4 is 5.91 Å². The lowest BCUT2D eigenvalue weighted by Gasteiger charge is -2.46. The largest absolute Gasteiger partial charge is 0.348 e. The minimum atomic E-state index is -0.306. The van der Waals surface area contributed by atoms with Gasteiger partial charge in [0, 0.05) is 0 Å². The minimum absolute atomic E-state index is 0.214. The molecule has 4 rings (SSSR count). The van der Waals surface area contributed by atoms with E-state index in [1.165, 1.54) is 42.4 Å². The van der Waals surface area contributed by atoms with Crippen molar-refractivity contribution in [2.24, 2.45) is 17.8 Å². The van der Waals surface area contributed by atoms with Gasteiger partial charge in [-0.05, 0) is 87.4 Å². The maximum absolute atomic E-state index is 13.3. The van der Waals surface area contributed by atoms with E-state index in [1.54, 1.807) is 0 Å². The van der Waals surface area contributed by atoms with E-state index in [0.29, 0.717) is 5.92 Å². The van der Waals surface area contributed by atoms with E-state index in [2.05, 4.69) is 49.6 Å². The predicted molar refractivity (Wildman–Crippen MR) is 106 cm³/mol. The van der Waals surface area contributed by atoms with Gasteiger partial charge in [0.15, 0.2) is 0 Å². The molecular weight excluding hydrogens is 320 g/mol. The van der Waals surface area contributed by atoms with Crippen molar-refractivity contribution in [1.82, 2.24) is 10.6 Å². The molecule has 1 amide bonds. The summed E-state index contributed by atoms with van der Waals surface area (Å²) >= 11 is 0. The van der Waals surface area contributed by atoms with Gasteiger partial charge in [-0.15, -0.1) is 0 Å². The van der Waals surface area contributed by atoms with Gasteiger partial charge in [0.1, 0.15) is 0 Å². The van der Waals surface area contributed by atoms with Crippen LogP contribution in [-0.4, -0.2) is 19.0 Å². The van der Waals surface area contributed by atoms with Crippen LogP contribution in [0.1, 0.15) is 75.1 Å². The van der Waals surface area contributed by atoms with Crippen molar-refractivity contribution in [3.05, 3.63) is 34.9 Å². The summed E-state index contributed by atoms with van der Waals surface area (Å²) in [5.74, 6) is 2.52. The van der Waals surface area contributed by atoms with E-state index in [4.69, 9.17) is 0 Å². The third-order valence-electron chi connectivity index (χ3n) is 7.47. The van der Waals surface area contributed by atoms with Crippen molar-refractivity contribution < 1.29 is 4.79 Å². The van der Waals surface area contributed by atoms with Crippen molar-refractivity contribution in [2.45, 2.75) is 70.8 Å². The van der Waals surface area contributed by atoms with E-state index in [-0.39, 0.29) is 17.4 Å². The SMILES string of the molecule is Cc1ccc2c(c1)C(C1CCC(C(C)C)CC1)NC(=O)C21CCNCC1. The van der Waals surface area contributed by atoms with E-state index in [0.717, 1.165) is 37.8 Å². The first-order valence-corrected chi connectivity index (χ1v) is 10.6. The van der Waals surface area contributed by atoms with Crippen LogP contribution in [0.3, 0.4) is 0 Å². The van der Waals surface area contributed by atoms with Crippen LogP contribution >= 0.6 is 0 Å². The van der Waals surface area contributed by atoms with Crippen molar-refractivity contribution in [1.29, 1.82) is 0 Å². The molecular formula is C23H34N2O. The first-order chi connectivity index (χ1) is 12.5. The molecule has 142 valence electrons. The summed E-state index contributed by atoms with van der Waals surface area (Å²) in [7, 11) is 0. The molecule has 2 heterocycles. The minimum Gasteiger partial charge on any atom is -0.348 e. The standard InChI is InChI=1S/C23H34N2O/c1-15(2)17-5-7-18(8-6-17)21-19-14-16(3)4-9-20(19)23(22(26)25-21)10-12-24-13-11-23/h4,9,14-15,17-18,21,24H,5-8,10-13H2,1-3H3,(H,25,26). The third-order valence-corrected chi connectivity index (χ3v) is 7.47. The molecule has 0 bridgehead atoms. The Morgan fingerprint density at radius 3 is 2.42 bits per heavy atom. The number of carbonyl (C=O) groups is 1. The lowest BCUT2D eigenvalue weighted by molar-refractivity contribution is -0.130. The summed E-state index contributed by atoms with van der Waals surface area (Å²) in [4.78, 5) is 13.3. The van der Waals surface area contributed by atoms with Crippen LogP contribution < -0.4 is 10.6 Å². The lowest BCUT2D eigenvalue weighted by atomic mass is 9.64. The zero-order valence-electron chi connectivity index (χ0n) is 16.6. The molecule has 1 aromatic rings. The van der Waals surface area contributed by atoms with Crippen LogP contribution in [0.15, 0.2) is 18.2 Å². The fourth-order valence-corrected chi connectivity index (χ4v) is 5.72. The number of amides is 1. The molecule has 2 fully saturated rings. The van der Waals surface area contributed by atoms with Crippen LogP contribution in [0.25, 0.3) is 0 Å². The van der Waals surface area contributed by atoms with Crippen LogP contribution in [0.2, 0.25) is 0 Å². The summed E-state index contributed by atoms with van der Waals surface area (Å²) in [5, 5.41) is 6.94. The summed E-state index contributed by atoms with van der Waals surface area (Å²) in [6, 6.07) is 7.04. The van der Waals surface area contributed by atoms with Gasteiger partial charge in [0.2, 0.25) is 5.91 Å².